The number of hydrogen-bond donors (Lipinski definition) is 0. The first-order valence-corrected chi connectivity index (χ1v) is 12.7. The van der Waals surface area contributed by atoms with Crippen molar-refractivity contribution in [2.24, 2.45) is 0 Å². The maximum absolute atomic E-state index is 15.2. The van der Waals surface area contributed by atoms with Gasteiger partial charge in [0.05, 0.1) is 0 Å². The van der Waals surface area contributed by atoms with Crippen LogP contribution in [0.15, 0.2) is 60.9 Å². The van der Waals surface area contributed by atoms with Crippen molar-refractivity contribution in [2.45, 2.75) is 44.7 Å². The van der Waals surface area contributed by atoms with Crippen LogP contribution in [0.2, 0.25) is 0 Å². The number of aromatic nitrogens is 2. The minimum absolute atomic E-state index is 0.310. The largest absolute Gasteiger partial charge is 0.481 e. The van der Waals surface area contributed by atoms with Gasteiger partial charge in [0.25, 0.3) is 0 Å². The molecule has 0 atom stereocenters. The fraction of sp³-hybridized carbons (Fsp3) is 0.333. The predicted molar refractivity (Wildman–Crippen MR) is 139 cm³/mol. The topological polar surface area (TPSA) is 44.2 Å². The molecule has 0 aliphatic heterocycles. The molecule has 0 aliphatic rings. The predicted octanol–water partition coefficient (Wildman–Crippen LogP) is 7.00. The van der Waals surface area contributed by atoms with Crippen molar-refractivity contribution in [3.8, 4) is 5.75 Å². The highest BCUT2D eigenvalue weighted by Crippen LogP contribution is 2.26. The van der Waals surface area contributed by atoms with Gasteiger partial charge in [-0.2, -0.15) is 13.2 Å². The van der Waals surface area contributed by atoms with Crippen LogP contribution in [0.1, 0.15) is 34.5 Å². The molecular formula is C30H29F5N2O2. The van der Waals surface area contributed by atoms with Crippen molar-refractivity contribution < 1.29 is 31.4 Å². The zero-order valence-electron chi connectivity index (χ0n) is 21.5. The standard InChI is InChI=1S/C30H29F5N2O2/c1-38-14-2-3-22-17-36-28(37-18-22)13-7-20-5-11-25-24(15-20)10-9-23(29(25)32)8-4-21-6-12-27(26(31)16-21)39-19-30(33,34)35/h5-6,9-12,15-18H,2-4,7-8,13-14,19H2,1H3. The molecule has 0 radical (unpaired) electrons. The van der Waals surface area contributed by atoms with E-state index < -0.39 is 24.3 Å². The van der Waals surface area contributed by atoms with Gasteiger partial charge in [-0.3, -0.25) is 0 Å². The zero-order chi connectivity index (χ0) is 27.8. The Labute approximate surface area is 223 Å². The highest BCUT2D eigenvalue weighted by Gasteiger charge is 2.29. The van der Waals surface area contributed by atoms with E-state index in [0.29, 0.717) is 42.4 Å². The summed E-state index contributed by atoms with van der Waals surface area (Å²) in [5.41, 5.74) is 3.13. The summed E-state index contributed by atoms with van der Waals surface area (Å²) < 4.78 is 75.8. The normalized spacial score (nSPS) is 11.7. The molecule has 1 heterocycles. The highest BCUT2D eigenvalue weighted by atomic mass is 19.4. The lowest BCUT2D eigenvalue weighted by molar-refractivity contribution is -0.153. The third-order valence-corrected chi connectivity index (χ3v) is 6.38. The first kappa shape index (κ1) is 28.4. The molecule has 0 bridgehead atoms. The van der Waals surface area contributed by atoms with Crippen LogP contribution in [0.25, 0.3) is 10.8 Å². The van der Waals surface area contributed by atoms with Gasteiger partial charge in [-0.15, -0.1) is 0 Å². The number of hydrogen-bond acceptors (Lipinski definition) is 4. The summed E-state index contributed by atoms with van der Waals surface area (Å²) >= 11 is 0. The van der Waals surface area contributed by atoms with E-state index >= 15 is 4.39 Å². The van der Waals surface area contributed by atoms with Gasteiger partial charge < -0.3 is 9.47 Å². The lowest BCUT2D eigenvalue weighted by Crippen LogP contribution is -2.19. The summed E-state index contributed by atoms with van der Waals surface area (Å²) in [6.07, 6.45) is 2.95. The summed E-state index contributed by atoms with van der Waals surface area (Å²) in [5.74, 6) is -0.933. The van der Waals surface area contributed by atoms with Crippen molar-refractivity contribution in [3.63, 3.8) is 0 Å². The molecule has 0 saturated heterocycles. The fourth-order valence-electron chi connectivity index (χ4n) is 4.31. The van der Waals surface area contributed by atoms with Crippen LogP contribution in [-0.2, 0) is 36.8 Å². The van der Waals surface area contributed by atoms with E-state index in [1.165, 1.54) is 6.07 Å². The molecule has 0 unspecified atom stereocenters. The second kappa shape index (κ2) is 13.0. The molecule has 1 aromatic heterocycles. The number of halogens is 5. The van der Waals surface area contributed by atoms with Crippen LogP contribution in [0, 0.1) is 11.6 Å². The molecule has 0 spiro atoms. The highest BCUT2D eigenvalue weighted by molar-refractivity contribution is 5.84. The molecule has 4 aromatic rings. The van der Waals surface area contributed by atoms with E-state index in [1.54, 1.807) is 19.2 Å². The molecule has 9 heteroatoms. The number of nitrogens with zero attached hydrogens (tertiary/aromatic N) is 2. The smallest absolute Gasteiger partial charge is 0.422 e. The molecule has 4 rings (SSSR count). The molecule has 4 nitrogen and oxygen atoms in total. The number of fused-ring (bicyclic) bond motifs is 1. The lowest BCUT2D eigenvalue weighted by atomic mass is 9.98. The lowest BCUT2D eigenvalue weighted by Gasteiger charge is -2.11. The van der Waals surface area contributed by atoms with Gasteiger partial charge >= 0.3 is 6.18 Å². The number of ether oxygens (including phenoxy) is 2. The Morgan fingerprint density at radius 2 is 1.49 bits per heavy atom. The molecule has 0 amide bonds. The average molecular weight is 545 g/mol. The third-order valence-electron chi connectivity index (χ3n) is 6.38. The van der Waals surface area contributed by atoms with E-state index in [2.05, 4.69) is 14.7 Å². The summed E-state index contributed by atoms with van der Waals surface area (Å²) in [6.45, 7) is -0.865. The van der Waals surface area contributed by atoms with Gasteiger partial charge in [-0.25, -0.2) is 18.7 Å². The summed E-state index contributed by atoms with van der Waals surface area (Å²) in [7, 11) is 1.68. The van der Waals surface area contributed by atoms with Crippen molar-refractivity contribution in [3.05, 3.63) is 101 Å². The van der Waals surface area contributed by atoms with E-state index in [0.717, 1.165) is 53.7 Å². The molecule has 206 valence electrons. The number of alkyl halides is 3. The molecular weight excluding hydrogens is 515 g/mol. The maximum atomic E-state index is 15.2. The van der Waals surface area contributed by atoms with Crippen molar-refractivity contribution in [2.75, 3.05) is 20.3 Å². The minimum Gasteiger partial charge on any atom is -0.481 e. The Morgan fingerprint density at radius 1 is 0.769 bits per heavy atom. The van der Waals surface area contributed by atoms with Gasteiger partial charge in [0.2, 0.25) is 0 Å². The van der Waals surface area contributed by atoms with Gasteiger partial charge in [0.15, 0.2) is 18.2 Å². The van der Waals surface area contributed by atoms with Crippen LogP contribution in [0.3, 0.4) is 0 Å². The molecule has 39 heavy (non-hydrogen) atoms. The Bertz CT molecular complexity index is 1390. The van der Waals surface area contributed by atoms with E-state index in [1.807, 2.05) is 30.6 Å². The Kier molecular flexibility index (Phi) is 9.45. The number of benzene rings is 3. The van der Waals surface area contributed by atoms with Gasteiger partial charge in [0.1, 0.15) is 11.6 Å². The average Bonchev–Trinajstić information content (AvgIpc) is 2.91. The first-order chi connectivity index (χ1) is 18.7. The van der Waals surface area contributed by atoms with Crippen molar-refractivity contribution in [1.29, 1.82) is 0 Å². The maximum Gasteiger partial charge on any atom is 0.422 e. The number of aryl methyl sites for hydroxylation is 5. The van der Waals surface area contributed by atoms with E-state index in [-0.39, 0.29) is 5.82 Å². The van der Waals surface area contributed by atoms with Crippen LogP contribution >= 0.6 is 0 Å². The number of methoxy groups -OCH3 is 1. The quantitative estimate of drug-likeness (QED) is 0.142. The second-order valence-corrected chi connectivity index (χ2v) is 9.37. The Morgan fingerprint density at radius 3 is 2.21 bits per heavy atom. The van der Waals surface area contributed by atoms with Crippen LogP contribution in [-0.4, -0.2) is 36.5 Å². The van der Waals surface area contributed by atoms with Crippen LogP contribution in [0.5, 0.6) is 5.75 Å². The van der Waals surface area contributed by atoms with Crippen LogP contribution in [0.4, 0.5) is 22.0 Å². The van der Waals surface area contributed by atoms with Gasteiger partial charge in [-0.1, -0.05) is 36.4 Å². The molecule has 0 fully saturated rings. The SMILES string of the molecule is COCCCc1cnc(CCc2ccc3c(F)c(CCc4ccc(OCC(F)(F)F)c(F)c4)ccc3c2)nc1. The van der Waals surface area contributed by atoms with Gasteiger partial charge in [0, 0.05) is 37.9 Å². The summed E-state index contributed by atoms with van der Waals surface area (Å²) in [4.78, 5) is 8.90. The van der Waals surface area contributed by atoms with E-state index in [4.69, 9.17) is 4.74 Å². The van der Waals surface area contributed by atoms with E-state index in [9.17, 15) is 17.6 Å². The van der Waals surface area contributed by atoms with Crippen LogP contribution < -0.4 is 4.74 Å². The molecule has 3 aromatic carbocycles. The van der Waals surface area contributed by atoms with Crippen molar-refractivity contribution in [1.82, 2.24) is 9.97 Å². The van der Waals surface area contributed by atoms with Crippen molar-refractivity contribution >= 4 is 10.8 Å². The second-order valence-electron chi connectivity index (χ2n) is 9.37. The first-order valence-electron chi connectivity index (χ1n) is 12.7. The zero-order valence-corrected chi connectivity index (χ0v) is 21.5. The van der Waals surface area contributed by atoms with Gasteiger partial charge in [-0.05, 0) is 71.9 Å². The summed E-state index contributed by atoms with van der Waals surface area (Å²) in [6, 6.07) is 12.9. The molecule has 0 aliphatic carbocycles. The molecule has 0 N–H and O–H groups in total. The third kappa shape index (κ3) is 8.20. The monoisotopic (exact) mass is 544 g/mol. The Hall–Kier alpha value is -3.59. The minimum atomic E-state index is -4.55. The summed E-state index contributed by atoms with van der Waals surface area (Å²) in [5, 5.41) is 1.27. The molecule has 0 saturated carbocycles. The number of rotatable bonds is 12. The Balaban J connectivity index is 1.35. The fourth-order valence-corrected chi connectivity index (χ4v) is 4.31.